The number of thiophene rings is 1. The zero-order valence-electron chi connectivity index (χ0n) is 17.0. The van der Waals surface area contributed by atoms with E-state index in [2.05, 4.69) is 5.32 Å². The number of primary amides is 1. The highest BCUT2D eigenvalue weighted by Crippen LogP contribution is 2.38. The molecule has 1 aliphatic carbocycles. The van der Waals surface area contributed by atoms with Gasteiger partial charge in [0.05, 0.1) is 25.8 Å². The van der Waals surface area contributed by atoms with Gasteiger partial charge in [0.15, 0.2) is 11.5 Å². The summed E-state index contributed by atoms with van der Waals surface area (Å²) >= 11 is 1.47. The molecule has 0 aliphatic heterocycles. The van der Waals surface area contributed by atoms with E-state index >= 15 is 0 Å². The second kappa shape index (κ2) is 9.28. The number of benzene rings is 1. The minimum atomic E-state index is -0.477. The van der Waals surface area contributed by atoms with Crippen molar-refractivity contribution in [1.29, 1.82) is 0 Å². The van der Waals surface area contributed by atoms with Crippen molar-refractivity contribution in [2.24, 2.45) is 5.73 Å². The van der Waals surface area contributed by atoms with Gasteiger partial charge in [0, 0.05) is 11.4 Å². The highest BCUT2D eigenvalue weighted by atomic mass is 32.1. The Hall–Kier alpha value is -2.58. The number of carbonyl (C=O) groups excluding carboxylic acids is 2. The van der Waals surface area contributed by atoms with Gasteiger partial charge < -0.3 is 20.5 Å². The molecule has 0 saturated carbocycles. The van der Waals surface area contributed by atoms with Crippen LogP contribution in [-0.2, 0) is 24.2 Å². The van der Waals surface area contributed by atoms with E-state index in [-0.39, 0.29) is 12.5 Å². The van der Waals surface area contributed by atoms with E-state index in [0.29, 0.717) is 35.2 Å². The summed E-state index contributed by atoms with van der Waals surface area (Å²) in [6, 6.07) is 5.74. The van der Waals surface area contributed by atoms with Crippen LogP contribution in [0.1, 0.15) is 39.7 Å². The number of fused-ring (bicyclic) bond motifs is 1. The van der Waals surface area contributed by atoms with Crippen molar-refractivity contribution in [3.05, 3.63) is 39.8 Å². The number of rotatable bonds is 9. The third-order valence-electron chi connectivity index (χ3n) is 4.81. The maximum atomic E-state index is 12.5. The molecule has 0 atom stereocenters. The number of hydrogen-bond acceptors (Lipinski definition) is 6. The minimum absolute atomic E-state index is 0.173. The van der Waals surface area contributed by atoms with Gasteiger partial charge in [-0.25, -0.2) is 0 Å². The topological polar surface area (TPSA) is 93.9 Å². The zero-order chi connectivity index (χ0) is 21.0. The number of carbonyl (C=O) groups is 2. The molecule has 8 heteroatoms. The van der Waals surface area contributed by atoms with Gasteiger partial charge in [-0.15, -0.1) is 11.3 Å². The molecular weight excluding hydrogens is 390 g/mol. The summed E-state index contributed by atoms with van der Waals surface area (Å²) in [5.41, 5.74) is 8.05. The third kappa shape index (κ3) is 4.89. The Balaban J connectivity index is 1.62. The number of ether oxygens (including phenoxy) is 2. The monoisotopic (exact) mass is 417 g/mol. The summed E-state index contributed by atoms with van der Waals surface area (Å²) in [5.74, 6) is 0.715. The Labute approximate surface area is 174 Å². The molecule has 29 heavy (non-hydrogen) atoms. The molecule has 0 saturated heterocycles. The number of amides is 2. The molecule has 3 N–H and O–H groups in total. The summed E-state index contributed by atoms with van der Waals surface area (Å²) in [4.78, 5) is 27.5. The number of aryl methyl sites for hydroxylation is 1. The number of anilines is 1. The lowest BCUT2D eigenvalue weighted by Gasteiger charge is -2.17. The number of nitrogens with two attached hydrogens (primary N) is 1. The lowest BCUT2D eigenvalue weighted by Crippen LogP contribution is -2.30. The van der Waals surface area contributed by atoms with Crippen molar-refractivity contribution in [2.45, 2.75) is 32.7 Å². The van der Waals surface area contributed by atoms with E-state index in [1.807, 2.05) is 37.1 Å². The first-order valence-electron chi connectivity index (χ1n) is 9.65. The van der Waals surface area contributed by atoms with E-state index < -0.39 is 5.91 Å². The summed E-state index contributed by atoms with van der Waals surface area (Å²) in [6.07, 6.45) is 2.82. The van der Waals surface area contributed by atoms with Crippen molar-refractivity contribution in [2.75, 3.05) is 32.6 Å². The Morgan fingerprint density at radius 2 is 2.07 bits per heavy atom. The highest BCUT2D eigenvalue weighted by Gasteiger charge is 2.26. The molecule has 0 fully saturated rings. The lowest BCUT2D eigenvalue weighted by atomic mass is 10.1. The van der Waals surface area contributed by atoms with Crippen molar-refractivity contribution in [3.8, 4) is 11.5 Å². The van der Waals surface area contributed by atoms with Crippen LogP contribution in [0.3, 0.4) is 0 Å². The van der Waals surface area contributed by atoms with E-state index in [9.17, 15) is 9.59 Å². The number of nitrogens with one attached hydrogen (secondary N) is 1. The van der Waals surface area contributed by atoms with Crippen molar-refractivity contribution in [1.82, 2.24) is 4.90 Å². The van der Waals surface area contributed by atoms with Crippen LogP contribution < -0.4 is 20.5 Å². The van der Waals surface area contributed by atoms with Gasteiger partial charge >= 0.3 is 0 Å². The Bertz CT molecular complexity index is 910. The number of hydrogen-bond donors (Lipinski definition) is 2. The van der Waals surface area contributed by atoms with E-state index in [0.717, 1.165) is 35.3 Å². The van der Waals surface area contributed by atoms with Gasteiger partial charge in [0.25, 0.3) is 5.91 Å². The average molecular weight is 418 g/mol. The first kappa shape index (κ1) is 21.1. The Morgan fingerprint density at radius 3 is 2.76 bits per heavy atom. The largest absolute Gasteiger partial charge is 0.493 e. The Kier molecular flexibility index (Phi) is 6.76. The highest BCUT2D eigenvalue weighted by molar-refractivity contribution is 7.17. The fraction of sp³-hybridized carbons (Fsp3) is 0.429. The molecule has 2 aromatic rings. The molecule has 0 radical (unpaired) electrons. The van der Waals surface area contributed by atoms with Crippen LogP contribution in [0.2, 0.25) is 0 Å². The van der Waals surface area contributed by atoms with Crippen LogP contribution in [0, 0.1) is 0 Å². The smallest absolute Gasteiger partial charge is 0.251 e. The van der Waals surface area contributed by atoms with Gasteiger partial charge in [-0.3, -0.25) is 14.5 Å². The average Bonchev–Trinajstić information content (AvgIpc) is 3.23. The predicted molar refractivity (Wildman–Crippen MR) is 114 cm³/mol. The van der Waals surface area contributed by atoms with Gasteiger partial charge in [-0.05, 0) is 56.5 Å². The number of likely N-dealkylation sites (N-methyl/N-ethyl adjacent to an activating group) is 1. The number of methoxy groups -OCH3 is 1. The minimum Gasteiger partial charge on any atom is -0.493 e. The molecule has 2 amide bonds. The SMILES string of the molecule is CCOc1ccc(CN(C)CC(=O)Nc2sc3c(c2C(N)=O)CCC3)cc1OC. The standard InChI is InChI=1S/C21H27N3O4S/c1-4-28-15-9-8-13(10-16(15)27-3)11-24(2)12-18(25)23-21-19(20(22)26)14-6-5-7-17(14)29-21/h8-10H,4-7,11-12H2,1-3H3,(H2,22,26)(H,23,25). The molecule has 1 aliphatic rings. The molecule has 156 valence electrons. The van der Waals surface area contributed by atoms with Crippen LogP contribution in [0.5, 0.6) is 11.5 Å². The summed E-state index contributed by atoms with van der Waals surface area (Å²) in [5, 5.41) is 3.45. The molecule has 3 rings (SSSR count). The van der Waals surface area contributed by atoms with Gasteiger partial charge in [0.1, 0.15) is 5.00 Å². The number of nitrogens with zero attached hydrogens (tertiary/aromatic N) is 1. The van der Waals surface area contributed by atoms with Crippen LogP contribution in [0.25, 0.3) is 0 Å². The summed E-state index contributed by atoms with van der Waals surface area (Å²) in [6.45, 7) is 3.25. The molecule has 0 spiro atoms. The molecule has 0 unspecified atom stereocenters. The van der Waals surface area contributed by atoms with E-state index in [4.69, 9.17) is 15.2 Å². The third-order valence-corrected chi connectivity index (χ3v) is 6.02. The molecule has 7 nitrogen and oxygen atoms in total. The summed E-state index contributed by atoms with van der Waals surface area (Å²) in [7, 11) is 3.47. The van der Waals surface area contributed by atoms with Crippen molar-refractivity contribution < 1.29 is 19.1 Å². The molecule has 1 aromatic heterocycles. The van der Waals surface area contributed by atoms with Gasteiger partial charge in [0.2, 0.25) is 5.91 Å². The maximum Gasteiger partial charge on any atom is 0.251 e. The van der Waals surface area contributed by atoms with Crippen molar-refractivity contribution in [3.63, 3.8) is 0 Å². The predicted octanol–water partition coefficient (Wildman–Crippen LogP) is 2.81. The quantitative estimate of drug-likeness (QED) is 0.654. The van der Waals surface area contributed by atoms with E-state index in [1.165, 1.54) is 11.3 Å². The zero-order valence-corrected chi connectivity index (χ0v) is 17.9. The van der Waals surface area contributed by atoms with Crippen LogP contribution in [0.15, 0.2) is 18.2 Å². The fourth-order valence-corrected chi connectivity index (χ4v) is 4.93. The second-order valence-corrected chi connectivity index (χ2v) is 8.17. The Morgan fingerprint density at radius 1 is 1.28 bits per heavy atom. The first-order chi connectivity index (χ1) is 13.9. The van der Waals surface area contributed by atoms with Crippen LogP contribution in [-0.4, -0.2) is 44.0 Å². The van der Waals surface area contributed by atoms with Crippen LogP contribution in [0.4, 0.5) is 5.00 Å². The lowest BCUT2D eigenvalue weighted by molar-refractivity contribution is -0.117. The summed E-state index contributed by atoms with van der Waals surface area (Å²) < 4.78 is 10.9. The molecule has 1 heterocycles. The van der Waals surface area contributed by atoms with Crippen LogP contribution >= 0.6 is 11.3 Å². The second-order valence-electron chi connectivity index (χ2n) is 7.06. The van der Waals surface area contributed by atoms with Gasteiger partial charge in [-0.1, -0.05) is 6.07 Å². The van der Waals surface area contributed by atoms with Crippen molar-refractivity contribution >= 4 is 28.2 Å². The molecular formula is C21H27N3O4S. The van der Waals surface area contributed by atoms with E-state index in [1.54, 1.807) is 7.11 Å². The maximum absolute atomic E-state index is 12.5. The fourth-order valence-electron chi connectivity index (χ4n) is 3.62. The normalized spacial score (nSPS) is 12.7. The van der Waals surface area contributed by atoms with Gasteiger partial charge in [-0.2, -0.15) is 0 Å². The molecule has 1 aromatic carbocycles. The molecule has 0 bridgehead atoms. The first-order valence-corrected chi connectivity index (χ1v) is 10.5.